The molecule has 1 aromatic rings. The number of aliphatic hydroxyl groups is 8. The predicted octanol–water partition coefficient (Wildman–Crippen LogP) is -2.45. The fraction of sp³-hybridized carbons (Fsp3) is 0.652. The van der Waals surface area contributed by atoms with Gasteiger partial charge in [-0.2, -0.15) is 0 Å². The van der Waals surface area contributed by atoms with Crippen molar-refractivity contribution in [3.8, 4) is 11.5 Å². The molecule has 3 rings (SSSR count). The second-order valence-electron chi connectivity index (χ2n) is 8.89. The van der Waals surface area contributed by atoms with Gasteiger partial charge in [0.2, 0.25) is 12.6 Å². The summed E-state index contributed by atoms with van der Waals surface area (Å²) in [7, 11) is 0. The van der Waals surface area contributed by atoms with Crippen molar-refractivity contribution in [1.82, 2.24) is 0 Å². The zero-order chi connectivity index (χ0) is 25.9. The molecule has 0 saturated carbocycles. The Kier molecular flexibility index (Phi) is 9.46. The first-order chi connectivity index (χ1) is 16.6. The van der Waals surface area contributed by atoms with E-state index in [0.717, 1.165) is 5.57 Å². The smallest absolute Gasteiger partial charge is 0.229 e. The van der Waals surface area contributed by atoms with Crippen LogP contribution in [-0.2, 0) is 15.9 Å². The quantitative estimate of drug-likeness (QED) is 0.175. The maximum Gasteiger partial charge on any atom is 0.229 e. The van der Waals surface area contributed by atoms with Crippen molar-refractivity contribution in [1.29, 1.82) is 0 Å². The summed E-state index contributed by atoms with van der Waals surface area (Å²) in [6, 6.07) is 4.62. The molecule has 0 amide bonds. The Morgan fingerprint density at radius 3 is 1.77 bits per heavy atom. The number of hydrogen-bond donors (Lipinski definition) is 8. The van der Waals surface area contributed by atoms with E-state index in [-0.39, 0.29) is 11.5 Å². The SMILES string of the molecule is CC(C)=CCc1ccc(OC2OC(CO)C(O)C(O)C2O)cc1OC1OC(CO)C(O)C(O)C1O. The predicted molar refractivity (Wildman–Crippen MR) is 118 cm³/mol. The van der Waals surface area contributed by atoms with Crippen LogP contribution in [0.2, 0.25) is 0 Å². The van der Waals surface area contributed by atoms with Gasteiger partial charge in [-0.3, -0.25) is 0 Å². The fourth-order valence-electron chi connectivity index (χ4n) is 3.79. The maximum absolute atomic E-state index is 10.4. The molecule has 8 N–H and O–H groups in total. The lowest BCUT2D eigenvalue weighted by molar-refractivity contribution is -0.278. The van der Waals surface area contributed by atoms with Crippen molar-refractivity contribution in [2.24, 2.45) is 0 Å². The molecule has 2 aliphatic heterocycles. The van der Waals surface area contributed by atoms with Gasteiger partial charge >= 0.3 is 0 Å². The second kappa shape index (κ2) is 11.9. The van der Waals surface area contributed by atoms with Gasteiger partial charge in [-0.15, -0.1) is 0 Å². The zero-order valence-electron chi connectivity index (χ0n) is 19.4. The van der Waals surface area contributed by atoms with E-state index in [1.807, 2.05) is 19.9 Å². The summed E-state index contributed by atoms with van der Waals surface area (Å²) in [5, 5.41) is 79.4. The molecule has 0 aromatic heterocycles. The van der Waals surface area contributed by atoms with Crippen LogP contribution < -0.4 is 9.47 Å². The average Bonchev–Trinajstić information content (AvgIpc) is 2.84. The normalized spacial score (nSPS) is 37.5. The summed E-state index contributed by atoms with van der Waals surface area (Å²) >= 11 is 0. The Hall–Kier alpha value is -1.84. The molecule has 35 heavy (non-hydrogen) atoms. The van der Waals surface area contributed by atoms with E-state index in [0.29, 0.717) is 12.0 Å². The molecule has 10 unspecified atom stereocenters. The average molecular weight is 503 g/mol. The highest BCUT2D eigenvalue weighted by atomic mass is 16.7. The van der Waals surface area contributed by atoms with Gasteiger partial charge in [-0.1, -0.05) is 17.7 Å². The standard InChI is InChI=1S/C23H34O12/c1-10(2)3-4-11-5-6-12(32-22-20(30)18(28)16(26)14(8-24)34-22)7-13(11)33-23-21(31)19(29)17(27)15(9-25)35-23/h3,5-7,14-31H,4,8-9H2,1-2H3. The van der Waals surface area contributed by atoms with E-state index in [1.54, 1.807) is 12.1 Å². The first-order valence-electron chi connectivity index (χ1n) is 11.3. The Morgan fingerprint density at radius 2 is 1.29 bits per heavy atom. The van der Waals surface area contributed by atoms with Crippen LogP contribution in [0, 0.1) is 0 Å². The van der Waals surface area contributed by atoms with E-state index >= 15 is 0 Å². The van der Waals surface area contributed by atoms with E-state index in [2.05, 4.69) is 0 Å². The van der Waals surface area contributed by atoms with Crippen molar-refractivity contribution < 1.29 is 59.8 Å². The van der Waals surface area contributed by atoms with E-state index in [1.165, 1.54) is 6.07 Å². The van der Waals surface area contributed by atoms with E-state index in [4.69, 9.17) is 18.9 Å². The Labute approximate surface area is 202 Å². The summed E-state index contributed by atoms with van der Waals surface area (Å²) in [6.07, 6.45) is -12.4. The highest BCUT2D eigenvalue weighted by Gasteiger charge is 2.46. The van der Waals surface area contributed by atoms with Crippen LogP contribution in [0.3, 0.4) is 0 Å². The summed E-state index contributed by atoms with van der Waals surface area (Å²) in [6.45, 7) is 2.59. The van der Waals surface area contributed by atoms with Gasteiger partial charge in [-0.25, -0.2) is 0 Å². The minimum absolute atomic E-state index is 0.120. The number of hydrogen-bond acceptors (Lipinski definition) is 12. The molecule has 2 saturated heterocycles. The van der Waals surface area contributed by atoms with Crippen molar-refractivity contribution >= 4 is 0 Å². The lowest BCUT2D eigenvalue weighted by Crippen LogP contribution is -2.60. The first-order valence-corrected chi connectivity index (χ1v) is 11.3. The van der Waals surface area contributed by atoms with Gasteiger partial charge in [-0.05, 0) is 31.9 Å². The third kappa shape index (κ3) is 6.30. The third-order valence-corrected chi connectivity index (χ3v) is 5.96. The Morgan fingerprint density at radius 1 is 0.771 bits per heavy atom. The first kappa shape index (κ1) is 27.7. The van der Waals surface area contributed by atoms with Crippen molar-refractivity contribution in [3.05, 3.63) is 35.4 Å². The highest BCUT2D eigenvalue weighted by Crippen LogP contribution is 2.32. The molecule has 0 aliphatic carbocycles. The molecule has 0 radical (unpaired) electrons. The molecule has 0 bridgehead atoms. The minimum Gasteiger partial charge on any atom is -0.462 e. The van der Waals surface area contributed by atoms with E-state index < -0.39 is 74.6 Å². The molecule has 12 nitrogen and oxygen atoms in total. The molecule has 198 valence electrons. The highest BCUT2D eigenvalue weighted by molar-refractivity contribution is 5.42. The van der Waals surface area contributed by atoms with Crippen molar-refractivity contribution in [2.75, 3.05) is 13.2 Å². The minimum atomic E-state index is -1.63. The molecule has 0 spiro atoms. The van der Waals surface area contributed by atoms with Crippen molar-refractivity contribution in [2.45, 2.75) is 81.7 Å². The molecular weight excluding hydrogens is 468 g/mol. The van der Waals surface area contributed by atoms with Gasteiger partial charge < -0.3 is 59.8 Å². The summed E-state index contributed by atoms with van der Waals surface area (Å²) < 4.78 is 22.3. The molecular formula is C23H34O12. The zero-order valence-corrected chi connectivity index (χ0v) is 19.4. The topological polar surface area (TPSA) is 199 Å². The number of allylic oxidation sites excluding steroid dienone is 2. The molecule has 12 heteroatoms. The van der Waals surface area contributed by atoms with Gasteiger partial charge in [0.15, 0.2) is 0 Å². The summed E-state index contributed by atoms with van der Waals surface area (Å²) in [5.41, 5.74) is 1.68. The van der Waals surface area contributed by atoms with Crippen LogP contribution in [0.4, 0.5) is 0 Å². The lowest BCUT2D eigenvalue weighted by atomic mass is 9.99. The molecule has 2 fully saturated rings. The second-order valence-corrected chi connectivity index (χ2v) is 8.89. The van der Waals surface area contributed by atoms with Crippen LogP contribution in [0.1, 0.15) is 19.4 Å². The van der Waals surface area contributed by atoms with Crippen LogP contribution >= 0.6 is 0 Å². The summed E-state index contributed by atoms with van der Waals surface area (Å²) in [4.78, 5) is 0. The monoisotopic (exact) mass is 502 g/mol. The van der Waals surface area contributed by atoms with Gasteiger partial charge in [0, 0.05) is 6.07 Å². The Balaban J connectivity index is 1.86. The van der Waals surface area contributed by atoms with Crippen LogP contribution in [0.5, 0.6) is 11.5 Å². The number of benzene rings is 1. The molecule has 1 aromatic carbocycles. The largest absolute Gasteiger partial charge is 0.462 e. The fourth-order valence-corrected chi connectivity index (χ4v) is 3.79. The van der Waals surface area contributed by atoms with Gasteiger partial charge in [0.25, 0.3) is 0 Å². The number of rotatable bonds is 8. The van der Waals surface area contributed by atoms with Gasteiger partial charge in [0.1, 0.15) is 60.3 Å². The van der Waals surface area contributed by atoms with Crippen LogP contribution in [0.15, 0.2) is 29.8 Å². The maximum atomic E-state index is 10.4. The lowest BCUT2D eigenvalue weighted by Gasteiger charge is -2.40. The molecule has 2 heterocycles. The summed E-state index contributed by atoms with van der Waals surface area (Å²) in [5.74, 6) is 0.295. The van der Waals surface area contributed by atoms with Gasteiger partial charge in [0.05, 0.1) is 13.2 Å². The number of ether oxygens (including phenoxy) is 4. The molecule has 2 aliphatic rings. The third-order valence-electron chi connectivity index (χ3n) is 5.96. The number of aliphatic hydroxyl groups excluding tert-OH is 8. The van der Waals surface area contributed by atoms with Crippen LogP contribution in [0.25, 0.3) is 0 Å². The molecule has 10 atom stereocenters. The van der Waals surface area contributed by atoms with Crippen LogP contribution in [-0.4, -0.2) is 115 Å². The Bertz CT molecular complexity index is 855. The van der Waals surface area contributed by atoms with E-state index in [9.17, 15) is 40.9 Å². The van der Waals surface area contributed by atoms with Crippen molar-refractivity contribution in [3.63, 3.8) is 0 Å².